The van der Waals surface area contributed by atoms with E-state index in [9.17, 15) is 18.5 Å². The van der Waals surface area contributed by atoms with Gasteiger partial charge in [0.25, 0.3) is 5.69 Å². The number of anilines is 1. The minimum Gasteiger partial charge on any atom is -0.369 e. The number of nitro benzene ring substituents is 1. The predicted molar refractivity (Wildman–Crippen MR) is 81.4 cm³/mol. The Morgan fingerprint density at radius 1 is 1.33 bits per heavy atom. The minimum atomic E-state index is -3.61. The van der Waals surface area contributed by atoms with Crippen molar-refractivity contribution in [1.29, 1.82) is 0 Å². The van der Waals surface area contributed by atoms with Crippen molar-refractivity contribution in [3.8, 4) is 0 Å². The van der Waals surface area contributed by atoms with Crippen LogP contribution in [0, 0.1) is 16.0 Å². The first-order valence-corrected chi connectivity index (χ1v) is 8.84. The Bertz CT molecular complexity index is 657. The Kier molecular flexibility index (Phi) is 4.22. The van der Waals surface area contributed by atoms with Gasteiger partial charge in [-0.05, 0) is 37.8 Å². The van der Waals surface area contributed by atoms with Gasteiger partial charge < -0.3 is 4.90 Å². The predicted octanol–water partition coefficient (Wildman–Crippen LogP) is 2.62. The van der Waals surface area contributed by atoms with Gasteiger partial charge in [0.1, 0.15) is 4.90 Å². The number of piperidine rings is 1. The number of nitro groups is 1. The molecule has 0 aromatic heterocycles. The lowest BCUT2D eigenvalue weighted by Crippen LogP contribution is -2.40. The fourth-order valence-corrected chi connectivity index (χ4v) is 3.76. The van der Waals surface area contributed by atoms with Gasteiger partial charge in [0.05, 0.1) is 4.92 Å². The molecule has 1 aromatic rings. The van der Waals surface area contributed by atoms with Crippen molar-refractivity contribution >= 4 is 21.2 Å². The topological polar surface area (TPSA) is 80.5 Å². The molecule has 2 rings (SSSR count). The molecule has 0 saturated carbocycles. The number of rotatable bonds is 3. The lowest BCUT2D eigenvalue weighted by Gasteiger charge is -2.38. The van der Waals surface area contributed by atoms with Gasteiger partial charge in [0.2, 0.25) is 0 Å². The molecule has 116 valence electrons. The summed E-state index contributed by atoms with van der Waals surface area (Å²) in [7, 11) is -3.61. The molecule has 1 aliphatic heterocycles. The van der Waals surface area contributed by atoms with Crippen LogP contribution in [0.25, 0.3) is 0 Å². The second-order valence-corrected chi connectivity index (χ2v) is 7.84. The third kappa shape index (κ3) is 3.34. The van der Waals surface area contributed by atoms with E-state index in [0.29, 0.717) is 11.6 Å². The van der Waals surface area contributed by atoms with Crippen LogP contribution in [0.1, 0.15) is 26.7 Å². The summed E-state index contributed by atoms with van der Waals surface area (Å²) in [4.78, 5) is 12.4. The number of hydrogen-bond donors (Lipinski definition) is 0. The molecule has 0 unspecified atom stereocenters. The molecule has 7 heteroatoms. The smallest absolute Gasteiger partial charge is 0.290 e. The van der Waals surface area contributed by atoms with E-state index in [0.717, 1.165) is 25.6 Å². The van der Waals surface area contributed by atoms with Gasteiger partial charge in [0, 0.05) is 30.6 Å². The molecule has 0 spiro atoms. The number of sulfone groups is 1. The summed E-state index contributed by atoms with van der Waals surface area (Å²) in [6.45, 7) is 5.12. The summed E-state index contributed by atoms with van der Waals surface area (Å²) < 4.78 is 23.3. The zero-order valence-electron chi connectivity index (χ0n) is 12.4. The van der Waals surface area contributed by atoms with E-state index in [-0.39, 0.29) is 16.6 Å². The molecule has 0 aliphatic carbocycles. The van der Waals surface area contributed by atoms with Crippen molar-refractivity contribution in [3.05, 3.63) is 28.3 Å². The SMILES string of the molecule is C[C@H]1CCN(c2ccc(S(C)(=O)=O)c([N+](=O)[O-])c2)[C@@H](C)C1. The maximum Gasteiger partial charge on any atom is 0.290 e. The maximum atomic E-state index is 11.6. The molecule has 6 nitrogen and oxygen atoms in total. The van der Waals surface area contributed by atoms with E-state index in [4.69, 9.17) is 0 Å². The first-order valence-electron chi connectivity index (χ1n) is 6.95. The van der Waals surface area contributed by atoms with Gasteiger partial charge in [-0.3, -0.25) is 10.1 Å². The van der Waals surface area contributed by atoms with Crippen molar-refractivity contribution in [2.24, 2.45) is 5.92 Å². The van der Waals surface area contributed by atoms with E-state index >= 15 is 0 Å². The van der Waals surface area contributed by atoms with Gasteiger partial charge >= 0.3 is 0 Å². The molecule has 0 N–H and O–H groups in total. The monoisotopic (exact) mass is 312 g/mol. The second-order valence-electron chi connectivity index (χ2n) is 5.85. The van der Waals surface area contributed by atoms with E-state index in [1.54, 1.807) is 6.07 Å². The average Bonchev–Trinajstić information content (AvgIpc) is 2.37. The molecule has 1 aromatic carbocycles. The van der Waals surface area contributed by atoms with Crippen molar-refractivity contribution in [2.75, 3.05) is 17.7 Å². The van der Waals surface area contributed by atoms with Crippen LogP contribution in [0.4, 0.5) is 11.4 Å². The third-order valence-electron chi connectivity index (χ3n) is 4.01. The largest absolute Gasteiger partial charge is 0.369 e. The van der Waals surface area contributed by atoms with E-state index in [1.165, 1.54) is 12.1 Å². The minimum absolute atomic E-state index is 0.228. The lowest BCUT2D eigenvalue weighted by atomic mass is 9.93. The molecular formula is C14H20N2O4S. The fraction of sp³-hybridized carbons (Fsp3) is 0.571. The standard InChI is InChI=1S/C14H20N2O4S/c1-10-6-7-15(11(2)8-10)12-4-5-14(21(3,19)20)13(9-12)16(17)18/h4-5,9-11H,6-8H2,1-3H3/t10-,11-/m0/s1. The van der Waals surface area contributed by atoms with Crippen LogP contribution in [-0.2, 0) is 9.84 Å². The Hall–Kier alpha value is -1.63. The van der Waals surface area contributed by atoms with Gasteiger partial charge in [0.15, 0.2) is 9.84 Å². The summed E-state index contributed by atoms with van der Waals surface area (Å²) >= 11 is 0. The molecule has 0 radical (unpaired) electrons. The van der Waals surface area contributed by atoms with Crippen molar-refractivity contribution < 1.29 is 13.3 Å². The van der Waals surface area contributed by atoms with Gasteiger partial charge in [-0.25, -0.2) is 8.42 Å². The first-order chi connectivity index (χ1) is 9.70. The molecule has 1 aliphatic rings. The van der Waals surface area contributed by atoms with Gasteiger partial charge in [-0.2, -0.15) is 0 Å². The van der Waals surface area contributed by atoms with Gasteiger partial charge in [-0.15, -0.1) is 0 Å². The summed E-state index contributed by atoms with van der Waals surface area (Å²) in [6, 6.07) is 4.67. The summed E-state index contributed by atoms with van der Waals surface area (Å²) in [6.07, 6.45) is 3.05. The van der Waals surface area contributed by atoms with Crippen LogP contribution < -0.4 is 4.90 Å². The highest BCUT2D eigenvalue weighted by atomic mass is 32.2. The third-order valence-corrected chi connectivity index (χ3v) is 5.15. The lowest BCUT2D eigenvalue weighted by molar-refractivity contribution is -0.387. The van der Waals surface area contributed by atoms with Crippen LogP contribution in [0.15, 0.2) is 23.1 Å². The first kappa shape index (κ1) is 15.8. The molecule has 21 heavy (non-hydrogen) atoms. The summed E-state index contributed by atoms with van der Waals surface area (Å²) in [5.41, 5.74) is 0.370. The quantitative estimate of drug-likeness (QED) is 0.633. The Morgan fingerprint density at radius 2 is 2.00 bits per heavy atom. The zero-order chi connectivity index (χ0) is 15.8. The highest BCUT2D eigenvalue weighted by Crippen LogP contribution is 2.33. The molecule has 1 fully saturated rings. The highest BCUT2D eigenvalue weighted by molar-refractivity contribution is 7.90. The van der Waals surface area contributed by atoms with Crippen LogP contribution in [0.5, 0.6) is 0 Å². The van der Waals surface area contributed by atoms with E-state index < -0.39 is 14.8 Å². The number of nitrogens with zero attached hydrogens (tertiary/aromatic N) is 2. The van der Waals surface area contributed by atoms with Gasteiger partial charge in [-0.1, -0.05) is 6.92 Å². The maximum absolute atomic E-state index is 11.6. The van der Waals surface area contributed by atoms with E-state index in [2.05, 4.69) is 18.7 Å². The zero-order valence-corrected chi connectivity index (χ0v) is 13.3. The molecule has 1 saturated heterocycles. The molecule has 2 atom stereocenters. The molecule has 0 bridgehead atoms. The Morgan fingerprint density at radius 3 is 2.52 bits per heavy atom. The Balaban J connectivity index is 2.43. The number of benzene rings is 1. The normalized spacial score (nSPS) is 23.1. The molecule has 1 heterocycles. The summed E-state index contributed by atoms with van der Waals surface area (Å²) in [5.74, 6) is 0.640. The van der Waals surface area contributed by atoms with Crippen molar-refractivity contribution in [3.63, 3.8) is 0 Å². The van der Waals surface area contributed by atoms with Crippen LogP contribution >= 0.6 is 0 Å². The van der Waals surface area contributed by atoms with E-state index in [1.807, 2.05) is 0 Å². The Labute approximate surface area is 124 Å². The summed E-state index contributed by atoms with van der Waals surface area (Å²) in [5, 5.41) is 11.2. The van der Waals surface area contributed by atoms with Crippen LogP contribution in [0.2, 0.25) is 0 Å². The van der Waals surface area contributed by atoms with Crippen LogP contribution in [0.3, 0.4) is 0 Å². The second kappa shape index (κ2) is 5.63. The van der Waals surface area contributed by atoms with Crippen molar-refractivity contribution in [1.82, 2.24) is 0 Å². The van der Waals surface area contributed by atoms with Crippen molar-refractivity contribution in [2.45, 2.75) is 37.6 Å². The number of hydrogen-bond acceptors (Lipinski definition) is 5. The van der Waals surface area contributed by atoms with Crippen LogP contribution in [-0.4, -0.2) is 32.2 Å². The molecule has 0 amide bonds. The fourth-order valence-electron chi connectivity index (χ4n) is 2.93. The average molecular weight is 312 g/mol. The highest BCUT2D eigenvalue weighted by Gasteiger charge is 2.27. The molecular weight excluding hydrogens is 292 g/mol.